The molecule has 2 amide bonds. The van der Waals surface area contributed by atoms with E-state index >= 15 is 0 Å². The maximum Gasteiger partial charge on any atom is 0.416 e. The lowest BCUT2D eigenvalue weighted by atomic mass is 9.78. The quantitative estimate of drug-likeness (QED) is 0.652. The zero-order valence-electron chi connectivity index (χ0n) is 19.2. The van der Waals surface area contributed by atoms with Gasteiger partial charge in [-0.3, -0.25) is 9.59 Å². The summed E-state index contributed by atoms with van der Waals surface area (Å²) in [6.07, 6.45) is -3.19. The third-order valence-corrected chi connectivity index (χ3v) is 7.16. The van der Waals surface area contributed by atoms with Gasteiger partial charge >= 0.3 is 6.18 Å². The minimum atomic E-state index is -4.42. The average molecular weight is 489 g/mol. The van der Waals surface area contributed by atoms with E-state index in [2.05, 4.69) is 10.2 Å². The largest absolute Gasteiger partial charge is 0.454 e. The molecule has 3 aliphatic rings. The predicted molar refractivity (Wildman–Crippen MR) is 120 cm³/mol. The normalized spacial score (nSPS) is 21.5. The number of ether oxygens (including phenoxy) is 2. The fraction of sp³-hybridized carbons (Fsp3) is 0.440. The molecule has 3 heterocycles. The molecule has 35 heavy (non-hydrogen) atoms. The predicted octanol–water partition coefficient (Wildman–Crippen LogP) is 3.49. The van der Waals surface area contributed by atoms with Crippen molar-refractivity contribution in [2.24, 2.45) is 0 Å². The van der Waals surface area contributed by atoms with Crippen LogP contribution in [0.1, 0.15) is 42.0 Å². The zero-order chi connectivity index (χ0) is 24.8. The molecule has 5 rings (SSSR count). The number of carbonyl (C=O) groups excluding carboxylic acids is 2. The number of rotatable bonds is 5. The van der Waals surface area contributed by atoms with E-state index < -0.39 is 17.3 Å². The van der Waals surface area contributed by atoms with E-state index in [1.165, 1.54) is 12.1 Å². The van der Waals surface area contributed by atoms with Crippen LogP contribution < -0.4 is 14.8 Å². The molecule has 7 nitrogen and oxygen atoms in total. The lowest BCUT2D eigenvalue weighted by Crippen LogP contribution is -2.68. The summed E-state index contributed by atoms with van der Waals surface area (Å²) in [5.74, 6) is 0.881. The summed E-state index contributed by atoms with van der Waals surface area (Å²) in [6, 6.07) is 10.0. The van der Waals surface area contributed by atoms with Crippen molar-refractivity contribution in [2.45, 2.75) is 43.6 Å². The van der Waals surface area contributed by atoms with Crippen molar-refractivity contribution in [3.05, 3.63) is 59.2 Å². The summed E-state index contributed by atoms with van der Waals surface area (Å²) in [6.45, 7) is 1.51. The minimum Gasteiger partial charge on any atom is -0.454 e. The summed E-state index contributed by atoms with van der Waals surface area (Å²) < 4.78 is 49.4. The van der Waals surface area contributed by atoms with Crippen LogP contribution in [0.2, 0.25) is 0 Å². The Balaban J connectivity index is 1.36. The first-order valence-electron chi connectivity index (χ1n) is 11.5. The Kier molecular flexibility index (Phi) is 5.86. The van der Waals surface area contributed by atoms with Crippen molar-refractivity contribution in [1.82, 2.24) is 15.1 Å². The second-order valence-corrected chi connectivity index (χ2v) is 9.31. The number of hydrogen-bond acceptors (Lipinski definition) is 5. The van der Waals surface area contributed by atoms with Crippen molar-refractivity contribution in [2.75, 3.05) is 26.9 Å². The Morgan fingerprint density at radius 2 is 1.77 bits per heavy atom. The topological polar surface area (TPSA) is 71.1 Å². The molecule has 1 unspecified atom stereocenters. The van der Waals surface area contributed by atoms with Gasteiger partial charge in [0.05, 0.1) is 18.0 Å². The standard InChI is InChI=1S/C25H26F3N3O4/c1-30-10-8-24(9-11-30,23(33)29-14-16-2-5-18(6-3-16)25(26,27)28)31-19(13-22(31)32)17-4-7-20-21(12-17)35-15-34-20/h2-7,12,19H,8-11,13-15H2,1H3,(H,29,33). The van der Waals surface area contributed by atoms with Crippen LogP contribution in [0.3, 0.4) is 0 Å². The van der Waals surface area contributed by atoms with E-state index in [1.807, 2.05) is 25.2 Å². The average Bonchev–Trinajstić information content (AvgIpc) is 3.30. The second-order valence-electron chi connectivity index (χ2n) is 9.31. The third-order valence-electron chi connectivity index (χ3n) is 7.16. The van der Waals surface area contributed by atoms with Crippen molar-refractivity contribution in [3.8, 4) is 11.5 Å². The molecular weight excluding hydrogens is 463 g/mol. The summed E-state index contributed by atoms with van der Waals surface area (Å²) in [4.78, 5) is 30.3. The molecule has 1 N–H and O–H groups in total. The molecule has 2 aromatic rings. The van der Waals surface area contributed by atoms with Crippen LogP contribution in [0.4, 0.5) is 13.2 Å². The number of nitrogens with one attached hydrogen (secondary N) is 1. The van der Waals surface area contributed by atoms with Gasteiger partial charge in [0.2, 0.25) is 18.6 Å². The zero-order valence-corrected chi connectivity index (χ0v) is 19.2. The highest BCUT2D eigenvalue weighted by atomic mass is 19.4. The molecule has 0 spiro atoms. The first-order chi connectivity index (χ1) is 16.7. The molecule has 186 valence electrons. The molecule has 1 atom stereocenters. The number of alkyl halides is 3. The van der Waals surface area contributed by atoms with Crippen molar-refractivity contribution in [3.63, 3.8) is 0 Å². The lowest BCUT2D eigenvalue weighted by Gasteiger charge is -2.55. The van der Waals surface area contributed by atoms with E-state index in [-0.39, 0.29) is 31.2 Å². The fourth-order valence-corrected chi connectivity index (χ4v) is 5.06. The Morgan fingerprint density at radius 3 is 2.43 bits per heavy atom. The Hall–Kier alpha value is -3.27. The molecular formula is C25H26F3N3O4. The number of fused-ring (bicyclic) bond motifs is 1. The smallest absolute Gasteiger partial charge is 0.416 e. The van der Waals surface area contributed by atoms with E-state index in [4.69, 9.17) is 9.47 Å². The van der Waals surface area contributed by atoms with E-state index in [1.54, 1.807) is 4.90 Å². The molecule has 0 aromatic heterocycles. The monoisotopic (exact) mass is 489 g/mol. The maximum absolute atomic E-state index is 13.6. The Labute approximate surface area is 200 Å². The number of nitrogens with zero attached hydrogens (tertiary/aromatic N) is 2. The van der Waals surface area contributed by atoms with Gasteiger partial charge in [-0.15, -0.1) is 0 Å². The van der Waals surface area contributed by atoms with Crippen LogP contribution in [0.25, 0.3) is 0 Å². The van der Waals surface area contributed by atoms with E-state index in [9.17, 15) is 22.8 Å². The van der Waals surface area contributed by atoms with E-state index in [0.29, 0.717) is 49.4 Å². The van der Waals surface area contributed by atoms with Crippen LogP contribution >= 0.6 is 0 Å². The molecule has 2 fully saturated rings. The van der Waals surface area contributed by atoms with Gasteiger partial charge in [-0.1, -0.05) is 18.2 Å². The van der Waals surface area contributed by atoms with Crippen LogP contribution in [0.15, 0.2) is 42.5 Å². The summed E-state index contributed by atoms with van der Waals surface area (Å²) in [5, 5.41) is 2.89. The van der Waals surface area contributed by atoms with Crippen molar-refractivity contribution in [1.29, 1.82) is 0 Å². The van der Waals surface area contributed by atoms with Gasteiger partial charge in [0.25, 0.3) is 0 Å². The highest BCUT2D eigenvalue weighted by Gasteiger charge is 2.55. The summed E-state index contributed by atoms with van der Waals surface area (Å²) >= 11 is 0. The van der Waals surface area contributed by atoms with Gasteiger partial charge in [0.1, 0.15) is 5.54 Å². The molecule has 0 aliphatic carbocycles. The van der Waals surface area contributed by atoms with Gasteiger partial charge in [-0.05, 0) is 55.3 Å². The van der Waals surface area contributed by atoms with Gasteiger partial charge in [0, 0.05) is 19.6 Å². The summed E-state index contributed by atoms with van der Waals surface area (Å²) in [5.41, 5.74) is -0.342. The van der Waals surface area contributed by atoms with Crippen LogP contribution in [-0.2, 0) is 22.3 Å². The number of benzene rings is 2. The lowest BCUT2D eigenvalue weighted by molar-refractivity contribution is -0.169. The molecule has 2 saturated heterocycles. The third kappa shape index (κ3) is 4.31. The first-order valence-corrected chi connectivity index (χ1v) is 11.5. The van der Waals surface area contributed by atoms with Gasteiger partial charge in [0.15, 0.2) is 11.5 Å². The van der Waals surface area contributed by atoms with Gasteiger partial charge in [-0.2, -0.15) is 13.2 Å². The number of carbonyl (C=O) groups is 2. The second kappa shape index (κ2) is 8.75. The highest BCUT2D eigenvalue weighted by molar-refractivity contribution is 5.95. The van der Waals surface area contributed by atoms with E-state index in [0.717, 1.165) is 17.7 Å². The van der Waals surface area contributed by atoms with Crippen molar-refractivity contribution < 1.29 is 32.2 Å². The number of hydrogen-bond donors (Lipinski definition) is 1. The molecule has 0 radical (unpaired) electrons. The van der Waals surface area contributed by atoms with Crippen molar-refractivity contribution >= 4 is 11.8 Å². The van der Waals surface area contributed by atoms with Crippen LogP contribution in [0.5, 0.6) is 11.5 Å². The highest BCUT2D eigenvalue weighted by Crippen LogP contribution is 2.46. The molecule has 3 aliphatic heterocycles. The number of likely N-dealkylation sites (tertiary alicyclic amines) is 2. The molecule has 2 aromatic carbocycles. The SMILES string of the molecule is CN1CCC(C(=O)NCc2ccc(C(F)(F)F)cc2)(N2C(=O)CC2c2ccc3c(c2)OCO3)CC1. The minimum absolute atomic E-state index is 0.0747. The number of piperidine rings is 1. The Bertz CT molecular complexity index is 1130. The molecule has 10 heteroatoms. The fourth-order valence-electron chi connectivity index (χ4n) is 5.06. The van der Waals surface area contributed by atoms with Gasteiger partial charge in [-0.25, -0.2) is 0 Å². The molecule has 0 saturated carbocycles. The maximum atomic E-state index is 13.6. The number of β-lactam (4-membered cyclic amide) rings is 1. The first kappa shape index (κ1) is 23.5. The summed E-state index contributed by atoms with van der Waals surface area (Å²) in [7, 11) is 1.97. The Morgan fingerprint density at radius 1 is 1.09 bits per heavy atom. The van der Waals surface area contributed by atoms with Crippen LogP contribution in [0, 0.1) is 0 Å². The number of halogens is 3. The molecule has 0 bridgehead atoms. The van der Waals surface area contributed by atoms with Crippen LogP contribution in [-0.4, -0.2) is 54.1 Å². The van der Waals surface area contributed by atoms with Gasteiger partial charge < -0.3 is 24.6 Å². The number of amides is 2.